The first kappa shape index (κ1) is 15.5. The fourth-order valence-corrected chi connectivity index (χ4v) is 3.58. The van der Waals surface area contributed by atoms with Crippen molar-refractivity contribution in [1.82, 2.24) is 15.1 Å². The predicted molar refractivity (Wildman–Crippen MR) is 88.9 cm³/mol. The van der Waals surface area contributed by atoms with Gasteiger partial charge in [-0.1, -0.05) is 12.1 Å². The van der Waals surface area contributed by atoms with Crippen molar-refractivity contribution in [3.8, 4) is 0 Å². The van der Waals surface area contributed by atoms with Gasteiger partial charge in [0.15, 0.2) is 0 Å². The van der Waals surface area contributed by atoms with Gasteiger partial charge in [0, 0.05) is 31.2 Å². The van der Waals surface area contributed by atoms with Gasteiger partial charge in [0.05, 0.1) is 0 Å². The summed E-state index contributed by atoms with van der Waals surface area (Å²) in [5.41, 5.74) is 2.10. The maximum absolute atomic E-state index is 12.7. The fraction of sp³-hybridized carbons (Fsp3) is 0.611. The summed E-state index contributed by atoms with van der Waals surface area (Å²) in [5, 5.41) is 3.30. The van der Waals surface area contributed by atoms with Gasteiger partial charge in [0.2, 0.25) is 0 Å². The molecule has 2 heterocycles. The van der Waals surface area contributed by atoms with Gasteiger partial charge in [-0.3, -0.25) is 9.69 Å². The van der Waals surface area contributed by atoms with Gasteiger partial charge in [0.1, 0.15) is 0 Å². The molecule has 0 bridgehead atoms. The number of rotatable bonds is 4. The molecule has 1 aromatic carbocycles. The molecule has 2 fully saturated rings. The van der Waals surface area contributed by atoms with Crippen LogP contribution in [0, 0.1) is 0 Å². The van der Waals surface area contributed by atoms with E-state index in [0.717, 1.165) is 38.0 Å². The molecule has 4 heteroatoms. The highest BCUT2D eigenvalue weighted by Crippen LogP contribution is 2.17. The Kier molecular flexibility index (Phi) is 5.11. The van der Waals surface area contributed by atoms with Crippen molar-refractivity contribution < 1.29 is 4.79 Å². The molecule has 120 valence electrons. The first-order valence-electron chi connectivity index (χ1n) is 8.54. The van der Waals surface area contributed by atoms with Gasteiger partial charge >= 0.3 is 0 Å². The van der Waals surface area contributed by atoms with Crippen LogP contribution < -0.4 is 5.32 Å². The summed E-state index contributed by atoms with van der Waals surface area (Å²) < 4.78 is 0. The zero-order valence-corrected chi connectivity index (χ0v) is 13.6. The Morgan fingerprint density at radius 3 is 2.82 bits per heavy atom. The number of amides is 1. The summed E-state index contributed by atoms with van der Waals surface area (Å²) in [6.45, 7) is 5.06. The molecule has 1 unspecified atom stereocenters. The molecule has 0 spiro atoms. The summed E-state index contributed by atoms with van der Waals surface area (Å²) in [4.78, 5) is 17.2. The Balaban J connectivity index is 1.66. The topological polar surface area (TPSA) is 35.6 Å². The van der Waals surface area contributed by atoms with Crippen LogP contribution >= 0.6 is 0 Å². The van der Waals surface area contributed by atoms with Crippen LogP contribution in [0.1, 0.15) is 41.6 Å². The van der Waals surface area contributed by atoms with Crippen molar-refractivity contribution in [2.24, 2.45) is 0 Å². The largest absolute Gasteiger partial charge is 0.337 e. The maximum Gasteiger partial charge on any atom is 0.253 e. The number of carbonyl (C=O) groups is 1. The maximum atomic E-state index is 12.7. The number of likely N-dealkylation sites (N-methyl/N-ethyl adjacent to an activating group) is 1. The normalized spacial score (nSPS) is 23.0. The number of benzene rings is 1. The third-order valence-electron chi connectivity index (χ3n) is 4.90. The highest BCUT2D eigenvalue weighted by atomic mass is 16.2. The van der Waals surface area contributed by atoms with Gasteiger partial charge in [-0.05, 0) is 63.5 Å². The second kappa shape index (κ2) is 7.25. The molecule has 2 aliphatic heterocycles. The molecule has 4 nitrogen and oxygen atoms in total. The number of hydrogen-bond acceptors (Lipinski definition) is 3. The van der Waals surface area contributed by atoms with Crippen molar-refractivity contribution in [3.63, 3.8) is 0 Å². The third kappa shape index (κ3) is 3.68. The van der Waals surface area contributed by atoms with E-state index in [1.165, 1.54) is 31.5 Å². The predicted octanol–water partition coefficient (Wildman–Crippen LogP) is 2.11. The summed E-state index contributed by atoms with van der Waals surface area (Å²) >= 11 is 0. The van der Waals surface area contributed by atoms with E-state index in [0.29, 0.717) is 6.04 Å². The van der Waals surface area contributed by atoms with Crippen molar-refractivity contribution in [2.45, 2.75) is 38.3 Å². The fourth-order valence-electron chi connectivity index (χ4n) is 3.58. The lowest BCUT2D eigenvalue weighted by molar-refractivity contribution is 0.0698. The standard InChI is InChI=1S/C18H27N3O/c1-19-17-8-5-11-21(14-17)18(22)16-7-4-6-15(12-16)13-20-9-2-3-10-20/h4,6-7,12,17,19H,2-3,5,8-11,13-14H2,1H3. The summed E-state index contributed by atoms with van der Waals surface area (Å²) in [6.07, 6.45) is 4.86. The minimum Gasteiger partial charge on any atom is -0.337 e. The Labute approximate surface area is 133 Å². The molecule has 3 rings (SSSR count). The lowest BCUT2D eigenvalue weighted by Crippen LogP contribution is -2.46. The Hall–Kier alpha value is -1.39. The van der Waals surface area contributed by atoms with E-state index in [-0.39, 0.29) is 5.91 Å². The van der Waals surface area contributed by atoms with Crippen LogP contribution in [0.4, 0.5) is 0 Å². The molecule has 2 saturated heterocycles. The molecular weight excluding hydrogens is 274 g/mol. The minimum atomic E-state index is 0.184. The SMILES string of the molecule is CNC1CCCN(C(=O)c2cccc(CN3CCCC3)c2)C1. The van der Waals surface area contributed by atoms with E-state index in [1.54, 1.807) is 0 Å². The van der Waals surface area contributed by atoms with Crippen molar-refractivity contribution in [2.75, 3.05) is 33.2 Å². The highest BCUT2D eigenvalue weighted by Gasteiger charge is 2.23. The van der Waals surface area contributed by atoms with Gasteiger partial charge in [0.25, 0.3) is 5.91 Å². The quantitative estimate of drug-likeness (QED) is 0.925. The van der Waals surface area contributed by atoms with Crippen LogP contribution in [-0.4, -0.2) is 55.0 Å². The van der Waals surface area contributed by atoms with Crippen LogP contribution in [0.3, 0.4) is 0 Å². The molecule has 0 radical (unpaired) electrons. The van der Waals surface area contributed by atoms with Crippen molar-refractivity contribution in [3.05, 3.63) is 35.4 Å². The van der Waals surface area contributed by atoms with E-state index in [4.69, 9.17) is 0 Å². The number of nitrogens with zero attached hydrogens (tertiary/aromatic N) is 2. The van der Waals surface area contributed by atoms with E-state index in [2.05, 4.69) is 22.3 Å². The van der Waals surface area contributed by atoms with Crippen LogP contribution in [0.15, 0.2) is 24.3 Å². The Bertz CT molecular complexity index is 511. The second-order valence-corrected chi connectivity index (χ2v) is 6.56. The van der Waals surface area contributed by atoms with E-state index >= 15 is 0 Å². The number of piperidine rings is 1. The molecular formula is C18H27N3O. The monoisotopic (exact) mass is 301 g/mol. The van der Waals surface area contributed by atoms with Crippen LogP contribution in [0.5, 0.6) is 0 Å². The van der Waals surface area contributed by atoms with Gasteiger partial charge < -0.3 is 10.2 Å². The Morgan fingerprint density at radius 2 is 2.05 bits per heavy atom. The number of nitrogens with one attached hydrogen (secondary N) is 1. The molecule has 1 aromatic rings. The molecule has 22 heavy (non-hydrogen) atoms. The Morgan fingerprint density at radius 1 is 1.23 bits per heavy atom. The zero-order valence-electron chi connectivity index (χ0n) is 13.6. The molecule has 1 amide bonds. The van der Waals surface area contributed by atoms with Crippen LogP contribution in [0.2, 0.25) is 0 Å². The summed E-state index contributed by atoms with van der Waals surface area (Å²) in [7, 11) is 1.98. The molecule has 0 saturated carbocycles. The van der Waals surface area contributed by atoms with Crippen LogP contribution in [0.25, 0.3) is 0 Å². The molecule has 1 atom stereocenters. The first-order valence-corrected chi connectivity index (χ1v) is 8.54. The highest BCUT2D eigenvalue weighted by molar-refractivity contribution is 5.94. The van der Waals surface area contributed by atoms with Gasteiger partial charge in [-0.2, -0.15) is 0 Å². The molecule has 2 aliphatic rings. The van der Waals surface area contributed by atoms with Crippen molar-refractivity contribution >= 4 is 5.91 Å². The smallest absolute Gasteiger partial charge is 0.253 e. The summed E-state index contributed by atoms with van der Waals surface area (Å²) in [6, 6.07) is 8.65. The average Bonchev–Trinajstić information content (AvgIpc) is 3.07. The first-order chi connectivity index (χ1) is 10.8. The summed E-state index contributed by atoms with van der Waals surface area (Å²) in [5.74, 6) is 0.184. The number of hydrogen-bond donors (Lipinski definition) is 1. The zero-order chi connectivity index (χ0) is 15.4. The van der Waals surface area contributed by atoms with Crippen LogP contribution in [-0.2, 0) is 6.54 Å². The van der Waals surface area contributed by atoms with E-state index in [1.807, 2.05) is 24.1 Å². The second-order valence-electron chi connectivity index (χ2n) is 6.56. The lowest BCUT2D eigenvalue weighted by atomic mass is 10.0. The number of likely N-dealkylation sites (tertiary alicyclic amines) is 2. The van der Waals surface area contributed by atoms with Gasteiger partial charge in [-0.25, -0.2) is 0 Å². The van der Waals surface area contributed by atoms with Crippen molar-refractivity contribution in [1.29, 1.82) is 0 Å². The lowest BCUT2D eigenvalue weighted by Gasteiger charge is -2.32. The molecule has 0 aromatic heterocycles. The van der Waals surface area contributed by atoms with Gasteiger partial charge in [-0.15, -0.1) is 0 Å². The number of carbonyl (C=O) groups excluding carboxylic acids is 1. The molecule has 0 aliphatic carbocycles. The third-order valence-corrected chi connectivity index (χ3v) is 4.90. The minimum absolute atomic E-state index is 0.184. The average molecular weight is 301 g/mol. The van der Waals surface area contributed by atoms with E-state index in [9.17, 15) is 4.79 Å². The molecule has 1 N–H and O–H groups in total. The van der Waals surface area contributed by atoms with E-state index < -0.39 is 0 Å².